The average molecular weight is 283 g/mol. The van der Waals surface area contributed by atoms with Gasteiger partial charge >= 0.3 is 6.09 Å². The number of ether oxygens (including phenoxy) is 1. The maximum absolute atomic E-state index is 11.6. The van der Waals surface area contributed by atoms with Gasteiger partial charge in [-0.25, -0.2) is 14.3 Å². The van der Waals surface area contributed by atoms with Crippen molar-refractivity contribution < 1.29 is 9.53 Å². The zero-order chi connectivity index (χ0) is 14.2. The molecule has 2 aromatic heterocycles. The number of aromatic nitrogens is 3. The Morgan fingerprint density at radius 1 is 1.42 bits per heavy atom. The largest absolute Gasteiger partial charge is 0.444 e. The summed E-state index contributed by atoms with van der Waals surface area (Å²) in [6.07, 6.45) is -0.573. The zero-order valence-corrected chi connectivity index (χ0v) is 11.9. The van der Waals surface area contributed by atoms with Gasteiger partial charge in [-0.15, -0.1) is 0 Å². The van der Waals surface area contributed by atoms with E-state index in [1.54, 1.807) is 26.8 Å². The third-order valence-corrected chi connectivity index (χ3v) is 2.40. The minimum atomic E-state index is -0.573. The van der Waals surface area contributed by atoms with E-state index in [1.165, 1.54) is 10.6 Å². The van der Waals surface area contributed by atoms with Gasteiger partial charge in [-0.3, -0.25) is 5.32 Å². The molecule has 0 aliphatic heterocycles. The predicted molar refractivity (Wildman–Crippen MR) is 72.6 cm³/mol. The first-order valence-corrected chi connectivity index (χ1v) is 6.15. The van der Waals surface area contributed by atoms with Gasteiger partial charge < -0.3 is 4.74 Å². The van der Waals surface area contributed by atoms with Crippen molar-refractivity contribution in [1.29, 1.82) is 0 Å². The number of nitrogens with one attached hydrogen (secondary N) is 1. The molecule has 0 saturated heterocycles. The maximum atomic E-state index is 11.6. The van der Waals surface area contributed by atoms with Crippen LogP contribution in [-0.2, 0) is 4.74 Å². The topological polar surface area (TPSA) is 68.5 Å². The first-order valence-electron chi connectivity index (χ1n) is 5.77. The quantitative estimate of drug-likeness (QED) is 0.816. The molecule has 0 unspecified atom stereocenters. The van der Waals surface area contributed by atoms with Gasteiger partial charge in [0.1, 0.15) is 16.6 Å². The predicted octanol–water partition coefficient (Wildman–Crippen LogP) is 3.04. The number of halogens is 1. The van der Waals surface area contributed by atoms with Crippen LogP contribution in [0.1, 0.15) is 26.5 Å². The molecule has 1 N–H and O–H groups in total. The Labute approximate surface area is 115 Å². The standard InChI is InChI=1S/C12H15ClN4O2/c1-7-5-10-14-9(6-8(13)17(10)16-7)15-11(18)19-12(2,3)4/h5-6H,1-4H3,(H,14,15,18). The molecule has 7 heteroatoms. The van der Waals surface area contributed by atoms with Crippen LogP contribution in [0.15, 0.2) is 12.1 Å². The molecule has 1 amide bonds. The summed E-state index contributed by atoms with van der Waals surface area (Å²) in [5, 5.41) is 7.08. The van der Waals surface area contributed by atoms with Gasteiger partial charge in [0.25, 0.3) is 0 Å². The highest BCUT2D eigenvalue weighted by Crippen LogP contribution is 2.18. The second-order valence-corrected chi connectivity index (χ2v) is 5.53. The number of fused-ring (bicyclic) bond motifs is 1. The molecule has 2 heterocycles. The van der Waals surface area contributed by atoms with E-state index in [-0.39, 0.29) is 0 Å². The van der Waals surface area contributed by atoms with Crippen LogP contribution < -0.4 is 5.32 Å². The van der Waals surface area contributed by atoms with Crippen LogP contribution in [0, 0.1) is 6.92 Å². The van der Waals surface area contributed by atoms with Crippen LogP contribution >= 0.6 is 11.6 Å². The number of rotatable bonds is 1. The smallest absolute Gasteiger partial charge is 0.413 e. The van der Waals surface area contributed by atoms with Crippen molar-refractivity contribution in [1.82, 2.24) is 14.6 Å². The Balaban J connectivity index is 2.24. The molecule has 0 aromatic carbocycles. The van der Waals surface area contributed by atoms with Crippen LogP contribution in [0.2, 0.25) is 5.15 Å². The number of carbonyl (C=O) groups is 1. The third-order valence-electron chi connectivity index (χ3n) is 2.13. The Morgan fingerprint density at radius 3 is 2.74 bits per heavy atom. The SMILES string of the molecule is Cc1cc2nc(NC(=O)OC(C)(C)C)cc(Cl)n2n1. The van der Waals surface area contributed by atoms with Gasteiger partial charge in [-0.2, -0.15) is 5.10 Å². The molecule has 0 aliphatic rings. The van der Waals surface area contributed by atoms with Crippen molar-refractivity contribution in [3.63, 3.8) is 0 Å². The van der Waals surface area contributed by atoms with E-state index in [4.69, 9.17) is 16.3 Å². The van der Waals surface area contributed by atoms with Crippen molar-refractivity contribution in [2.24, 2.45) is 0 Å². The first-order chi connectivity index (χ1) is 8.74. The number of hydrogen-bond acceptors (Lipinski definition) is 4. The number of carbonyl (C=O) groups excluding carboxylic acids is 1. The van der Waals surface area contributed by atoms with Crippen LogP contribution in [0.4, 0.5) is 10.6 Å². The summed E-state index contributed by atoms with van der Waals surface area (Å²) < 4.78 is 6.64. The minimum Gasteiger partial charge on any atom is -0.444 e. The summed E-state index contributed by atoms with van der Waals surface area (Å²) in [7, 11) is 0. The molecule has 2 rings (SSSR count). The molecule has 19 heavy (non-hydrogen) atoms. The second-order valence-electron chi connectivity index (χ2n) is 5.15. The normalized spacial score (nSPS) is 11.6. The first kappa shape index (κ1) is 13.6. The van der Waals surface area contributed by atoms with Gasteiger partial charge in [0.15, 0.2) is 5.65 Å². The molecule has 0 bridgehead atoms. The van der Waals surface area contributed by atoms with Crippen LogP contribution in [0.3, 0.4) is 0 Å². The lowest BCUT2D eigenvalue weighted by Gasteiger charge is -2.19. The highest BCUT2D eigenvalue weighted by atomic mass is 35.5. The Bertz CT molecular complexity index is 630. The van der Waals surface area contributed by atoms with E-state index >= 15 is 0 Å². The molecule has 0 spiro atoms. The fraction of sp³-hybridized carbons (Fsp3) is 0.417. The van der Waals surface area contributed by atoms with Crippen LogP contribution in [0.25, 0.3) is 5.65 Å². The molecule has 6 nitrogen and oxygen atoms in total. The molecule has 0 aliphatic carbocycles. The van der Waals surface area contributed by atoms with E-state index < -0.39 is 11.7 Å². The van der Waals surface area contributed by atoms with E-state index in [0.29, 0.717) is 16.6 Å². The zero-order valence-electron chi connectivity index (χ0n) is 11.2. The van der Waals surface area contributed by atoms with Gasteiger partial charge in [-0.05, 0) is 27.7 Å². The van der Waals surface area contributed by atoms with Gasteiger partial charge in [-0.1, -0.05) is 11.6 Å². The van der Waals surface area contributed by atoms with E-state index in [1.807, 2.05) is 6.92 Å². The number of amides is 1. The molecule has 0 radical (unpaired) electrons. The Kier molecular flexibility index (Phi) is 3.36. The minimum absolute atomic E-state index is 0.326. The highest BCUT2D eigenvalue weighted by Gasteiger charge is 2.17. The monoisotopic (exact) mass is 282 g/mol. The summed E-state index contributed by atoms with van der Waals surface area (Å²) in [5.41, 5.74) is 0.797. The molecule has 102 valence electrons. The molecule has 0 saturated carbocycles. The summed E-state index contributed by atoms with van der Waals surface area (Å²) in [6, 6.07) is 3.29. The summed E-state index contributed by atoms with van der Waals surface area (Å²) >= 11 is 6.06. The number of hydrogen-bond donors (Lipinski definition) is 1. The highest BCUT2D eigenvalue weighted by molar-refractivity contribution is 6.30. The molecule has 0 atom stereocenters. The number of anilines is 1. The van der Waals surface area contributed by atoms with Crippen molar-refractivity contribution in [2.75, 3.05) is 5.32 Å². The summed E-state index contributed by atoms with van der Waals surface area (Å²) in [5.74, 6) is 0.326. The number of nitrogens with zero attached hydrogens (tertiary/aromatic N) is 3. The lowest BCUT2D eigenvalue weighted by atomic mass is 10.2. The summed E-state index contributed by atoms with van der Waals surface area (Å²) in [4.78, 5) is 15.9. The van der Waals surface area contributed by atoms with Crippen molar-refractivity contribution in [3.05, 3.63) is 23.0 Å². The second kappa shape index (κ2) is 4.70. The van der Waals surface area contributed by atoms with Crippen molar-refractivity contribution in [3.8, 4) is 0 Å². The fourth-order valence-electron chi connectivity index (χ4n) is 1.52. The number of aryl methyl sites for hydroxylation is 1. The lowest BCUT2D eigenvalue weighted by Crippen LogP contribution is -2.27. The van der Waals surface area contributed by atoms with Gasteiger partial charge in [0.05, 0.1) is 5.69 Å². The molecular weight excluding hydrogens is 268 g/mol. The van der Waals surface area contributed by atoms with Gasteiger partial charge in [0, 0.05) is 12.1 Å². The van der Waals surface area contributed by atoms with E-state index in [9.17, 15) is 4.79 Å². The van der Waals surface area contributed by atoms with Crippen LogP contribution in [-0.4, -0.2) is 26.3 Å². The average Bonchev–Trinajstić information content (AvgIpc) is 2.55. The Morgan fingerprint density at radius 2 is 2.11 bits per heavy atom. The summed E-state index contributed by atoms with van der Waals surface area (Å²) in [6.45, 7) is 7.20. The maximum Gasteiger partial charge on any atom is 0.413 e. The van der Waals surface area contributed by atoms with Gasteiger partial charge in [0.2, 0.25) is 0 Å². The Hall–Kier alpha value is -1.82. The van der Waals surface area contributed by atoms with E-state index in [0.717, 1.165) is 5.69 Å². The fourth-order valence-corrected chi connectivity index (χ4v) is 1.75. The van der Waals surface area contributed by atoms with E-state index in [2.05, 4.69) is 15.4 Å². The molecular formula is C12H15ClN4O2. The molecule has 0 fully saturated rings. The van der Waals surface area contributed by atoms with Crippen molar-refractivity contribution in [2.45, 2.75) is 33.3 Å². The lowest BCUT2D eigenvalue weighted by molar-refractivity contribution is 0.0635. The van der Waals surface area contributed by atoms with Crippen LogP contribution in [0.5, 0.6) is 0 Å². The third kappa shape index (κ3) is 3.35. The molecule has 2 aromatic rings. The van der Waals surface area contributed by atoms with Crippen molar-refractivity contribution >= 4 is 29.2 Å².